The molecule has 1 aliphatic heterocycles. The van der Waals surface area contributed by atoms with Crippen LogP contribution in [0.3, 0.4) is 0 Å². The fourth-order valence-corrected chi connectivity index (χ4v) is 2.61. The Morgan fingerprint density at radius 3 is 2.76 bits per heavy atom. The maximum absolute atomic E-state index is 12.4. The largest absolute Gasteiger partial charge is 0.479 e. The summed E-state index contributed by atoms with van der Waals surface area (Å²) in [6.45, 7) is 1.58. The van der Waals surface area contributed by atoms with Crippen LogP contribution < -0.4 is 9.47 Å². The number of halogens is 1. The lowest BCUT2D eigenvalue weighted by Gasteiger charge is -2.12. The van der Waals surface area contributed by atoms with Gasteiger partial charge in [-0.1, -0.05) is 23.7 Å². The van der Waals surface area contributed by atoms with E-state index < -0.39 is 12.1 Å². The molecule has 128 valence electrons. The summed E-state index contributed by atoms with van der Waals surface area (Å²) in [6.07, 6.45) is 0.868. The number of carbonyl (C=O) groups excluding carboxylic acids is 2. The summed E-state index contributed by atoms with van der Waals surface area (Å²) in [5.74, 6) is 0.290. The average molecular weight is 359 g/mol. The molecule has 2 aromatic rings. The highest BCUT2D eigenvalue weighted by molar-refractivity contribution is 6.30. The molecular weight excluding hydrogens is 344 g/mol. The maximum atomic E-state index is 12.4. The molecule has 6 heteroatoms. The lowest BCUT2D eigenvalue weighted by atomic mass is 10.1. The lowest BCUT2D eigenvalue weighted by Crippen LogP contribution is -2.24. The molecule has 1 heterocycles. The molecule has 0 radical (unpaired) electrons. The molecule has 25 heavy (non-hydrogen) atoms. The Labute approximate surface area is 149 Å². The second-order valence-corrected chi connectivity index (χ2v) is 5.87. The molecule has 2 aromatic carbocycles. The van der Waals surface area contributed by atoms with Crippen molar-refractivity contribution >= 4 is 29.4 Å². The van der Waals surface area contributed by atoms with Crippen LogP contribution >= 0.6 is 11.6 Å². The van der Waals surface area contributed by atoms with Crippen molar-refractivity contribution in [1.29, 1.82) is 0 Å². The van der Waals surface area contributed by atoms with Crippen molar-refractivity contribution in [2.45, 2.75) is 13.0 Å². The van der Waals surface area contributed by atoms with Crippen LogP contribution in [-0.2, 0) is 9.53 Å². The minimum absolute atomic E-state index is 0.204. The predicted octanol–water partition coefficient (Wildman–Crippen LogP) is 3.90. The van der Waals surface area contributed by atoms with Gasteiger partial charge < -0.3 is 14.2 Å². The fourth-order valence-electron chi connectivity index (χ4n) is 2.41. The Bertz CT molecular complexity index is 872. The topological polar surface area (TPSA) is 61.8 Å². The zero-order chi connectivity index (χ0) is 18.0. The molecule has 0 aromatic heterocycles. The number of methoxy groups -OCH3 is 1. The van der Waals surface area contributed by atoms with Crippen molar-refractivity contribution < 1.29 is 23.8 Å². The van der Waals surface area contributed by atoms with Gasteiger partial charge >= 0.3 is 5.97 Å². The Balaban J connectivity index is 1.83. The SMILES string of the molecule is COC(=O)C(C)Oc1ccc2c(c1)O/C(=C\c1cccc(Cl)c1)C2=O. The number of ketones is 1. The van der Waals surface area contributed by atoms with Gasteiger partial charge in [0.15, 0.2) is 11.9 Å². The van der Waals surface area contributed by atoms with Crippen molar-refractivity contribution in [1.82, 2.24) is 0 Å². The van der Waals surface area contributed by atoms with E-state index in [1.807, 2.05) is 6.07 Å². The average Bonchev–Trinajstić information content (AvgIpc) is 2.89. The first kappa shape index (κ1) is 17.0. The Kier molecular flexibility index (Phi) is 4.76. The normalized spacial score (nSPS) is 15.5. The third kappa shape index (κ3) is 3.67. The molecule has 0 amide bonds. The van der Waals surface area contributed by atoms with Crippen LogP contribution in [0.4, 0.5) is 0 Å². The first-order valence-electron chi connectivity index (χ1n) is 7.56. The van der Waals surface area contributed by atoms with E-state index in [0.717, 1.165) is 5.56 Å². The monoisotopic (exact) mass is 358 g/mol. The lowest BCUT2D eigenvalue weighted by molar-refractivity contribution is -0.147. The number of carbonyl (C=O) groups is 2. The van der Waals surface area contributed by atoms with Crippen LogP contribution in [0.5, 0.6) is 11.5 Å². The zero-order valence-electron chi connectivity index (χ0n) is 13.6. The highest BCUT2D eigenvalue weighted by Gasteiger charge is 2.28. The van der Waals surface area contributed by atoms with Crippen molar-refractivity contribution in [3.05, 3.63) is 64.4 Å². The molecule has 0 N–H and O–H groups in total. The number of hydrogen-bond acceptors (Lipinski definition) is 5. The van der Waals surface area contributed by atoms with Gasteiger partial charge in [-0.3, -0.25) is 4.79 Å². The third-order valence-corrected chi connectivity index (χ3v) is 3.87. The summed E-state index contributed by atoms with van der Waals surface area (Å²) >= 11 is 5.95. The highest BCUT2D eigenvalue weighted by atomic mass is 35.5. The number of benzene rings is 2. The molecule has 0 saturated heterocycles. The number of allylic oxidation sites excluding steroid dienone is 1. The van der Waals surface area contributed by atoms with Gasteiger partial charge in [0, 0.05) is 11.1 Å². The van der Waals surface area contributed by atoms with Crippen LogP contribution in [0.2, 0.25) is 5.02 Å². The van der Waals surface area contributed by atoms with E-state index in [1.54, 1.807) is 49.4 Å². The minimum atomic E-state index is -0.762. The van der Waals surface area contributed by atoms with Gasteiger partial charge in [0.2, 0.25) is 5.78 Å². The molecule has 1 unspecified atom stereocenters. The first-order valence-corrected chi connectivity index (χ1v) is 7.94. The van der Waals surface area contributed by atoms with Gasteiger partial charge in [-0.05, 0) is 42.8 Å². The van der Waals surface area contributed by atoms with E-state index in [-0.39, 0.29) is 11.5 Å². The Hall–Kier alpha value is -2.79. The number of Topliss-reactive ketones (excluding diaryl/α,β-unsaturated/α-hetero) is 1. The summed E-state index contributed by atoms with van der Waals surface area (Å²) in [4.78, 5) is 23.9. The molecular formula is C19H15ClO5. The van der Waals surface area contributed by atoms with Gasteiger partial charge in [-0.15, -0.1) is 0 Å². The molecule has 0 aliphatic carbocycles. The Morgan fingerprint density at radius 1 is 1.24 bits per heavy atom. The molecule has 0 saturated carbocycles. The van der Waals surface area contributed by atoms with Crippen molar-refractivity contribution in [2.75, 3.05) is 7.11 Å². The fraction of sp³-hybridized carbons (Fsp3) is 0.158. The molecule has 5 nitrogen and oxygen atoms in total. The standard InChI is InChI=1S/C19H15ClO5/c1-11(19(22)23-2)24-14-6-7-15-16(10-14)25-17(18(15)21)9-12-4-3-5-13(20)8-12/h3-11H,1-2H3/b17-9-. The summed E-state index contributed by atoms with van der Waals surface area (Å²) in [7, 11) is 1.29. The summed E-state index contributed by atoms with van der Waals surface area (Å²) < 4.78 is 15.8. The summed E-state index contributed by atoms with van der Waals surface area (Å²) in [6, 6.07) is 11.9. The van der Waals surface area contributed by atoms with Gasteiger partial charge in [0.25, 0.3) is 0 Å². The van der Waals surface area contributed by atoms with E-state index in [0.29, 0.717) is 22.1 Å². The molecule has 3 rings (SSSR count). The molecule has 0 fully saturated rings. The van der Waals surface area contributed by atoms with Gasteiger partial charge in [-0.2, -0.15) is 0 Å². The molecule has 1 atom stereocenters. The van der Waals surface area contributed by atoms with Crippen LogP contribution in [0, 0.1) is 0 Å². The van der Waals surface area contributed by atoms with Crippen LogP contribution in [0.15, 0.2) is 48.2 Å². The van der Waals surface area contributed by atoms with Crippen LogP contribution in [0.1, 0.15) is 22.8 Å². The predicted molar refractivity (Wildman–Crippen MR) is 92.9 cm³/mol. The quantitative estimate of drug-likeness (QED) is 0.612. The zero-order valence-corrected chi connectivity index (χ0v) is 14.4. The highest BCUT2D eigenvalue weighted by Crippen LogP contribution is 2.35. The van der Waals surface area contributed by atoms with Crippen molar-refractivity contribution in [3.8, 4) is 11.5 Å². The number of ether oxygens (including phenoxy) is 3. The smallest absolute Gasteiger partial charge is 0.346 e. The molecule has 0 spiro atoms. The third-order valence-electron chi connectivity index (χ3n) is 3.63. The summed E-state index contributed by atoms with van der Waals surface area (Å²) in [5.41, 5.74) is 1.20. The maximum Gasteiger partial charge on any atom is 0.346 e. The summed E-state index contributed by atoms with van der Waals surface area (Å²) in [5, 5.41) is 0.574. The Morgan fingerprint density at radius 2 is 2.04 bits per heavy atom. The number of fused-ring (bicyclic) bond motifs is 1. The van der Waals surface area contributed by atoms with E-state index in [1.165, 1.54) is 7.11 Å². The van der Waals surface area contributed by atoms with E-state index in [9.17, 15) is 9.59 Å². The van der Waals surface area contributed by atoms with Gasteiger partial charge in [-0.25, -0.2) is 4.79 Å². The van der Waals surface area contributed by atoms with Crippen LogP contribution in [-0.4, -0.2) is 25.0 Å². The van der Waals surface area contributed by atoms with E-state index in [2.05, 4.69) is 4.74 Å². The minimum Gasteiger partial charge on any atom is -0.479 e. The second kappa shape index (κ2) is 6.99. The van der Waals surface area contributed by atoms with Crippen LogP contribution in [0.25, 0.3) is 6.08 Å². The molecule has 1 aliphatic rings. The number of rotatable bonds is 4. The first-order chi connectivity index (χ1) is 12.0. The van der Waals surface area contributed by atoms with Gasteiger partial charge in [0.05, 0.1) is 12.7 Å². The van der Waals surface area contributed by atoms with E-state index in [4.69, 9.17) is 21.1 Å². The number of hydrogen-bond donors (Lipinski definition) is 0. The van der Waals surface area contributed by atoms with Crippen molar-refractivity contribution in [2.24, 2.45) is 0 Å². The van der Waals surface area contributed by atoms with Gasteiger partial charge in [0.1, 0.15) is 11.5 Å². The molecule has 0 bridgehead atoms. The van der Waals surface area contributed by atoms with E-state index >= 15 is 0 Å². The number of esters is 1. The van der Waals surface area contributed by atoms with Crippen molar-refractivity contribution in [3.63, 3.8) is 0 Å². The second-order valence-electron chi connectivity index (χ2n) is 5.44.